The molecule has 0 aromatic carbocycles. The molecule has 0 fully saturated rings. The summed E-state index contributed by atoms with van der Waals surface area (Å²) in [7, 11) is 0. The molecular formula is C6H12N2. The first kappa shape index (κ1) is 5.79. The fourth-order valence-electron chi connectivity index (χ4n) is 0.915. The molecule has 2 heteroatoms. The summed E-state index contributed by atoms with van der Waals surface area (Å²) in [5.41, 5.74) is 11.9. The Kier molecular flexibility index (Phi) is 1.14. The van der Waals surface area contributed by atoms with E-state index in [1.54, 1.807) is 0 Å². The first-order valence-electron chi connectivity index (χ1n) is 2.88. The van der Waals surface area contributed by atoms with Crippen molar-refractivity contribution in [3.05, 3.63) is 11.6 Å². The van der Waals surface area contributed by atoms with Crippen molar-refractivity contribution in [1.29, 1.82) is 0 Å². The van der Waals surface area contributed by atoms with Gasteiger partial charge in [-0.1, -0.05) is 6.08 Å². The van der Waals surface area contributed by atoms with Crippen LogP contribution in [0.2, 0.25) is 0 Å². The van der Waals surface area contributed by atoms with Crippen molar-refractivity contribution in [1.82, 2.24) is 0 Å². The molecule has 0 atom stereocenters. The van der Waals surface area contributed by atoms with Gasteiger partial charge in [-0.05, 0) is 25.3 Å². The number of hydrogen-bond acceptors (Lipinski definition) is 2. The summed E-state index contributed by atoms with van der Waals surface area (Å²) in [6.07, 6.45) is 4.04. The topological polar surface area (TPSA) is 52.0 Å². The Labute approximate surface area is 49.5 Å². The zero-order chi connectivity index (χ0) is 6.20. The Morgan fingerprint density at radius 3 is 2.38 bits per heavy atom. The molecule has 0 heterocycles. The first-order valence-corrected chi connectivity index (χ1v) is 2.88. The molecular weight excluding hydrogens is 100 g/mol. The highest BCUT2D eigenvalue weighted by atomic mass is 15.0. The van der Waals surface area contributed by atoms with E-state index in [-0.39, 0.29) is 0 Å². The highest BCUT2D eigenvalue weighted by Gasteiger charge is 2.24. The minimum atomic E-state index is -0.486. The molecule has 0 saturated heterocycles. The minimum Gasteiger partial charge on any atom is -0.310 e. The van der Waals surface area contributed by atoms with Gasteiger partial charge in [-0.15, -0.1) is 0 Å². The van der Waals surface area contributed by atoms with Crippen molar-refractivity contribution in [2.24, 2.45) is 11.5 Å². The van der Waals surface area contributed by atoms with E-state index in [0.29, 0.717) is 0 Å². The second-order valence-electron chi connectivity index (χ2n) is 2.47. The van der Waals surface area contributed by atoms with Crippen LogP contribution in [0.1, 0.15) is 19.8 Å². The molecule has 0 amide bonds. The van der Waals surface area contributed by atoms with Gasteiger partial charge in [0.15, 0.2) is 0 Å². The third-order valence-corrected chi connectivity index (χ3v) is 1.74. The van der Waals surface area contributed by atoms with Gasteiger partial charge >= 0.3 is 0 Å². The van der Waals surface area contributed by atoms with Gasteiger partial charge in [0.2, 0.25) is 0 Å². The summed E-state index contributed by atoms with van der Waals surface area (Å²) in [6, 6.07) is 0. The van der Waals surface area contributed by atoms with Crippen molar-refractivity contribution in [3.63, 3.8) is 0 Å². The van der Waals surface area contributed by atoms with Gasteiger partial charge in [0.25, 0.3) is 0 Å². The number of rotatable bonds is 0. The molecule has 0 saturated carbocycles. The van der Waals surface area contributed by atoms with E-state index >= 15 is 0 Å². The number of hydrogen-bond donors (Lipinski definition) is 2. The second-order valence-corrected chi connectivity index (χ2v) is 2.47. The minimum absolute atomic E-state index is 0.486. The maximum Gasteiger partial charge on any atom is 0.0858 e. The van der Waals surface area contributed by atoms with Crippen LogP contribution in [-0.4, -0.2) is 5.66 Å². The van der Waals surface area contributed by atoms with Gasteiger partial charge in [0, 0.05) is 0 Å². The largest absolute Gasteiger partial charge is 0.310 e. The molecule has 4 N–H and O–H groups in total. The summed E-state index contributed by atoms with van der Waals surface area (Å²) < 4.78 is 0. The molecule has 1 rings (SSSR count). The third-order valence-electron chi connectivity index (χ3n) is 1.74. The first-order chi connectivity index (χ1) is 3.63. The highest BCUT2D eigenvalue weighted by molar-refractivity contribution is 5.19. The van der Waals surface area contributed by atoms with Crippen LogP contribution in [0.15, 0.2) is 11.6 Å². The second kappa shape index (κ2) is 1.57. The number of nitrogens with two attached hydrogens (primary N) is 2. The molecule has 0 unspecified atom stereocenters. The summed E-state index contributed by atoms with van der Waals surface area (Å²) in [5, 5.41) is 0. The lowest BCUT2D eigenvalue weighted by Gasteiger charge is -2.18. The predicted octanol–water partition coefficient (Wildman–Crippen LogP) is 0.340. The molecule has 1 aliphatic carbocycles. The summed E-state index contributed by atoms with van der Waals surface area (Å²) in [4.78, 5) is 0. The van der Waals surface area contributed by atoms with Crippen molar-refractivity contribution in [2.75, 3.05) is 0 Å². The third kappa shape index (κ3) is 0.767. The Morgan fingerprint density at radius 1 is 1.62 bits per heavy atom. The van der Waals surface area contributed by atoms with Crippen LogP contribution in [0, 0.1) is 0 Å². The molecule has 8 heavy (non-hydrogen) atoms. The van der Waals surface area contributed by atoms with Gasteiger partial charge in [0.1, 0.15) is 0 Å². The molecule has 0 aromatic heterocycles. The zero-order valence-corrected chi connectivity index (χ0v) is 5.15. The fourth-order valence-corrected chi connectivity index (χ4v) is 0.915. The van der Waals surface area contributed by atoms with E-state index in [2.05, 4.69) is 6.08 Å². The van der Waals surface area contributed by atoms with Crippen LogP contribution >= 0.6 is 0 Å². The van der Waals surface area contributed by atoms with Crippen LogP contribution in [-0.2, 0) is 0 Å². The van der Waals surface area contributed by atoms with Gasteiger partial charge < -0.3 is 11.5 Å². The Morgan fingerprint density at radius 2 is 2.25 bits per heavy atom. The van der Waals surface area contributed by atoms with E-state index in [1.165, 1.54) is 0 Å². The molecule has 46 valence electrons. The molecule has 0 aliphatic heterocycles. The van der Waals surface area contributed by atoms with Gasteiger partial charge in [-0.25, -0.2) is 0 Å². The maximum absolute atomic E-state index is 5.63. The molecule has 2 nitrogen and oxygen atoms in total. The van der Waals surface area contributed by atoms with Crippen LogP contribution in [0.3, 0.4) is 0 Å². The van der Waals surface area contributed by atoms with Crippen molar-refractivity contribution < 1.29 is 0 Å². The van der Waals surface area contributed by atoms with E-state index in [0.717, 1.165) is 18.4 Å². The van der Waals surface area contributed by atoms with Gasteiger partial charge in [-0.3, -0.25) is 0 Å². The summed E-state index contributed by atoms with van der Waals surface area (Å²) >= 11 is 0. The molecule has 1 aliphatic rings. The van der Waals surface area contributed by atoms with Crippen molar-refractivity contribution in [2.45, 2.75) is 25.4 Å². The quantitative estimate of drug-likeness (QED) is 0.350. The maximum atomic E-state index is 5.63. The molecule has 0 radical (unpaired) electrons. The number of allylic oxidation sites excluding steroid dienone is 1. The van der Waals surface area contributed by atoms with E-state index in [4.69, 9.17) is 11.5 Å². The predicted molar refractivity (Wildman–Crippen MR) is 34.1 cm³/mol. The van der Waals surface area contributed by atoms with Crippen molar-refractivity contribution >= 4 is 0 Å². The monoisotopic (exact) mass is 112 g/mol. The lowest BCUT2D eigenvalue weighted by molar-refractivity contribution is 0.514. The lowest BCUT2D eigenvalue weighted by atomic mass is 10.1. The molecule has 0 bridgehead atoms. The molecule has 0 spiro atoms. The van der Waals surface area contributed by atoms with Gasteiger partial charge in [-0.2, -0.15) is 0 Å². The fraction of sp³-hybridized carbons (Fsp3) is 0.667. The van der Waals surface area contributed by atoms with Gasteiger partial charge in [0.05, 0.1) is 5.66 Å². The van der Waals surface area contributed by atoms with Crippen LogP contribution < -0.4 is 11.5 Å². The Balaban J connectivity index is 2.73. The van der Waals surface area contributed by atoms with E-state index < -0.39 is 5.66 Å². The Bertz CT molecular complexity index is 124. The Hall–Kier alpha value is -0.340. The smallest absolute Gasteiger partial charge is 0.0858 e. The van der Waals surface area contributed by atoms with E-state index in [9.17, 15) is 0 Å². The average Bonchev–Trinajstić information content (AvgIpc) is 1.86. The molecule has 0 aromatic rings. The van der Waals surface area contributed by atoms with Crippen LogP contribution in [0.5, 0.6) is 0 Å². The highest BCUT2D eigenvalue weighted by Crippen LogP contribution is 2.21. The average molecular weight is 112 g/mol. The SMILES string of the molecule is CC1=CCCC1(N)N. The summed E-state index contributed by atoms with van der Waals surface area (Å²) in [6.45, 7) is 1.98. The summed E-state index contributed by atoms with van der Waals surface area (Å²) in [5.74, 6) is 0. The van der Waals surface area contributed by atoms with E-state index in [1.807, 2.05) is 6.92 Å². The standard InChI is InChI=1S/C6H12N2/c1-5-3-2-4-6(5,7)8/h3H,2,4,7-8H2,1H3. The van der Waals surface area contributed by atoms with Crippen LogP contribution in [0.4, 0.5) is 0 Å². The normalized spacial score (nSPS) is 25.6. The van der Waals surface area contributed by atoms with Crippen molar-refractivity contribution in [3.8, 4) is 0 Å². The lowest BCUT2D eigenvalue weighted by Crippen LogP contribution is -2.48. The zero-order valence-electron chi connectivity index (χ0n) is 5.15. The van der Waals surface area contributed by atoms with Crippen LogP contribution in [0.25, 0.3) is 0 Å².